The lowest BCUT2D eigenvalue weighted by atomic mass is 10.3. The van der Waals surface area contributed by atoms with Crippen LogP contribution in [0.2, 0.25) is 0 Å². The van der Waals surface area contributed by atoms with E-state index in [2.05, 4.69) is 20.1 Å². The minimum Gasteiger partial charge on any atom is -0.354 e. The van der Waals surface area contributed by atoms with Crippen LogP contribution in [-0.4, -0.2) is 60.8 Å². The van der Waals surface area contributed by atoms with Crippen LogP contribution in [0, 0.1) is 11.6 Å². The number of fused-ring (bicyclic) bond motifs is 1. The van der Waals surface area contributed by atoms with Gasteiger partial charge in [0.25, 0.3) is 0 Å². The molecule has 30 heavy (non-hydrogen) atoms. The van der Waals surface area contributed by atoms with E-state index in [4.69, 9.17) is 0 Å². The quantitative estimate of drug-likeness (QED) is 0.560. The van der Waals surface area contributed by atoms with Crippen LogP contribution >= 0.6 is 23.1 Å². The Morgan fingerprint density at radius 3 is 2.60 bits per heavy atom. The lowest BCUT2D eigenvalue weighted by Gasteiger charge is -2.34. The number of thioether (sulfide) groups is 1. The lowest BCUT2D eigenvalue weighted by Crippen LogP contribution is -2.48. The number of hydrogen-bond acceptors (Lipinski definition) is 6. The van der Waals surface area contributed by atoms with Crippen molar-refractivity contribution in [1.29, 1.82) is 0 Å². The maximum atomic E-state index is 13.9. The molecule has 1 aromatic heterocycles. The van der Waals surface area contributed by atoms with E-state index < -0.39 is 0 Å². The number of carbonyl (C=O) groups is 1. The second-order valence-electron chi connectivity index (χ2n) is 7.00. The summed E-state index contributed by atoms with van der Waals surface area (Å²) in [5, 5.41) is 3.80. The van der Waals surface area contributed by atoms with Crippen molar-refractivity contribution in [3.63, 3.8) is 0 Å². The Morgan fingerprint density at radius 2 is 1.87 bits per heavy atom. The molecule has 1 fully saturated rings. The number of hydrogen-bond donors (Lipinski definition) is 1. The van der Waals surface area contributed by atoms with Gasteiger partial charge in [0.15, 0.2) is 5.13 Å². The van der Waals surface area contributed by atoms with Gasteiger partial charge >= 0.3 is 0 Å². The molecule has 1 aliphatic heterocycles. The highest BCUT2D eigenvalue weighted by molar-refractivity contribution is 8.00. The fraction of sp³-hybridized carbons (Fsp3) is 0.333. The van der Waals surface area contributed by atoms with Crippen LogP contribution in [0.5, 0.6) is 0 Å². The van der Waals surface area contributed by atoms with Crippen LogP contribution in [0.4, 0.5) is 13.9 Å². The van der Waals surface area contributed by atoms with E-state index in [1.54, 1.807) is 18.2 Å². The molecule has 158 valence electrons. The van der Waals surface area contributed by atoms with E-state index in [1.807, 2.05) is 6.07 Å². The molecule has 3 aromatic rings. The van der Waals surface area contributed by atoms with Crippen molar-refractivity contribution in [2.45, 2.75) is 4.90 Å². The molecular formula is C21H22F2N4OS2. The van der Waals surface area contributed by atoms with Gasteiger partial charge in [0.1, 0.15) is 17.2 Å². The van der Waals surface area contributed by atoms with Crippen molar-refractivity contribution >= 4 is 44.4 Å². The number of para-hydroxylation sites is 1. The third kappa shape index (κ3) is 5.27. The Hall–Kier alpha value is -2.23. The molecule has 0 radical (unpaired) electrons. The number of carbonyl (C=O) groups excluding carboxylic acids is 1. The van der Waals surface area contributed by atoms with Crippen LogP contribution in [0.1, 0.15) is 0 Å². The Kier molecular flexibility index (Phi) is 6.81. The highest BCUT2D eigenvalue weighted by Crippen LogP contribution is 2.30. The van der Waals surface area contributed by atoms with Gasteiger partial charge in [0.05, 0.1) is 10.5 Å². The molecular weight excluding hydrogens is 426 g/mol. The first-order valence-corrected chi connectivity index (χ1v) is 11.6. The number of rotatable bonds is 7. The predicted molar refractivity (Wildman–Crippen MR) is 118 cm³/mol. The fourth-order valence-corrected chi connectivity index (χ4v) is 5.05. The molecule has 0 saturated carbocycles. The summed E-state index contributed by atoms with van der Waals surface area (Å²) in [4.78, 5) is 21.8. The summed E-state index contributed by atoms with van der Waals surface area (Å²) in [5.41, 5.74) is 0.446. The van der Waals surface area contributed by atoms with Gasteiger partial charge in [-0.1, -0.05) is 17.4 Å². The number of thiazole rings is 1. The number of nitrogens with one attached hydrogen (secondary N) is 1. The summed E-state index contributed by atoms with van der Waals surface area (Å²) in [6.07, 6.45) is 0. The molecule has 0 aliphatic carbocycles. The molecule has 1 N–H and O–H groups in total. The molecule has 0 spiro atoms. The molecule has 9 heteroatoms. The first-order chi connectivity index (χ1) is 14.6. The van der Waals surface area contributed by atoms with Crippen LogP contribution in [-0.2, 0) is 4.79 Å². The van der Waals surface area contributed by atoms with Crippen molar-refractivity contribution in [1.82, 2.24) is 15.2 Å². The van der Waals surface area contributed by atoms with Crippen LogP contribution in [0.15, 0.2) is 47.4 Å². The van der Waals surface area contributed by atoms with Gasteiger partial charge in [-0.3, -0.25) is 9.69 Å². The molecule has 4 rings (SSSR count). The van der Waals surface area contributed by atoms with E-state index >= 15 is 0 Å². The number of amides is 1. The molecule has 1 aliphatic rings. The third-order valence-corrected chi connectivity index (χ3v) is 7.03. The van der Waals surface area contributed by atoms with Gasteiger partial charge in [0, 0.05) is 44.2 Å². The molecule has 0 bridgehead atoms. The average molecular weight is 449 g/mol. The van der Waals surface area contributed by atoms with E-state index in [0.29, 0.717) is 17.8 Å². The minimum absolute atomic E-state index is 0.0283. The Labute approximate surface area is 182 Å². The maximum Gasteiger partial charge on any atom is 0.230 e. The Morgan fingerprint density at radius 1 is 1.10 bits per heavy atom. The third-order valence-electron chi connectivity index (χ3n) is 4.94. The monoisotopic (exact) mass is 448 g/mol. The van der Waals surface area contributed by atoms with Gasteiger partial charge in [-0.05, 0) is 36.4 Å². The summed E-state index contributed by atoms with van der Waals surface area (Å²) in [7, 11) is 0. The maximum absolute atomic E-state index is 13.9. The highest BCUT2D eigenvalue weighted by atomic mass is 32.2. The van der Waals surface area contributed by atoms with Crippen LogP contribution in [0.25, 0.3) is 10.2 Å². The van der Waals surface area contributed by atoms with E-state index in [-0.39, 0.29) is 17.5 Å². The van der Waals surface area contributed by atoms with E-state index in [9.17, 15) is 13.6 Å². The minimum atomic E-state index is -0.279. The largest absolute Gasteiger partial charge is 0.354 e. The zero-order valence-electron chi connectivity index (χ0n) is 16.3. The van der Waals surface area contributed by atoms with Gasteiger partial charge in [-0.2, -0.15) is 0 Å². The summed E-state index contributed by atoms with van der Waals surface area (Å²) in [6, 6.07) is 11.2. The normalized spacial score (nSPS) is 14.9. The molecule has 1 saturated heterocycles. The Bertz CT molecular complexity index is 1000. The zero-order valence-corrected chi connectivity index (χ0v) is 17.9. The second-order valence-corrected chi connectivity index (χ2v) is 9.06. The number of benzene rings is 2. The molecule has 5 nitrogen and oxygen atoms in total. The molecule has 2 aromatic carbocycles. The van der Waals surface area contributed by atoms with Crippen molar-refractivity contribution < 1.29 is 13.6 Å². The zero-order chi connectivity index (χ0) is 20.9. The molecule has 2 heterocycles. The van der Waals surface area contributed by atoms with Crippen molar-refractivity contribution in [2.24, 2.45) is 0 Å². The van der Waals surface area contributed by atoms with Gasteiger partial charge in [0.2, 0.25) is 5.91 Å². The van der Waals surface area contributed by atoms with Crippen molar-refractivity contribution in [2.75, 3.05) is 49.9 Å². The molecule has 1 amide bonds. The number of nitrogens with zero attached hydrogens (tertiary/aromatic N) is 3. The van der Waals surface area contributed by atoms with Gasteiger partial charge in [-0.15, -0.1) is 11.8 Å². The Balaban J connectivity index is 1.17. The summed E-state index contributed by atoms with van der Waals surface area (Å²) < 4.78 is 27.6. The second kappa shape index (κ2) is 9.72. The van der Waals surface area contributed by atoms with E-state index in [1.165, 1.54) is 41.3 Å². The van der Waals surface area contributed by atoms with Crippen molar-refractivity contribution in [3.8, 4) is 0 Å². The first-order valence-electron chi connectivity index (χ1n) is 9.76. The smallest absolute Gasteiger partial charge is 0.230 e. The summed E-state index contributed by atoms with van der Waals surface area (Å²) >= 11 is 2.91. The highest BCUT2D eigenvalue weighted by Gasteiger charge is 2.20. The number of piperazine rings is 1. The topological polar surface area (TPSA) is 48.5 Å². The lowest BCUT2D eigenvalue weighted by molar-refractivity contribution is -0.118. The summed E-state index contributed by atoms with van der Waals surface area (Å²) in [5.74, 6) is -0.270. The fourth-order valence-electron chi connectivity index (χ4n) is 3.29. The number of aromatic nitrogens is 1. The van der Waals surface area contributed by atoms with E-state index in [0.717, 1.165) is 47.5 Å². The summed E-state index contributed by atoms with van der Waals surface area (Å²) in [6.45, 7) is 4.78. The standard InChI is InChI=1S/C21H22F2N4OS2/c22-15-4-6-16(7-5-15)29-14-19(28)24-8-9-26-10-12-27(13-11-26)21-25-20-17(23)2-1-3-18(20)30-21/h1-7H,8-14H2,(H,24,28). The predicted octanol–water partition coefficient (Wildman–Crippen LogP) is 3.61. The van der Waals surface area contributed by atoms with Crippen LogP contribution < -0.4 is 10.2 Å². The SMILES string of the molecule is O=C(CSc1ccc(F)cc1)NCCN1CCN(c2nc3c(F)cccc3s2)CC1. The number of anilines is 1. The van der Waals surface area contributed by atoms with Gasteiger partial charge < -0.3 is 10.2 Å². The molecule has 0 unspecified atom stereocenters. The molecule has 0 atom stereocenters. The average Bonchev–Trinajstić information content (AvgIpc) is 3.20. The first kappa shape index (κ1) is 21.0. The van der Waals surface area contributed by atoms with Crippen LogP contribution in [0.3, 0.4) is 0 Å². The van der Waals surface area contributed by atoms with Gasteiger partial charge in [-0.25, -0.2) is 13.8 Å². The van der Waals surface area contributed by atoms with Crippen molar-refractivity contribution in [3.05, 3.63) is 54.1 Å². The number of halogens is 2.